The average molecular weight is 276 g/mol. The summed E-state index contributed by atoms with van der Waals surface area (Å²) < 4.78 is 22.5. The maximum Gasteiger partial charge on any atom is 0.315 e. The first-order chi connectivity index (χ1) is 8.43. The van der Waals surface area contributed by atoms with Crippen molar-refractivity contribution in [1.29, 1.82) is 0 Å². The molecule has 0 aromatic rings. The summed E-state index contributed by atoms with van der Waals surface area (Å²) >= 11 is 0. The van der Waals surface area contributed by atoms with E-state index in [4.69, 9.17) is 0 Å². The Morgan fingerprint density at radius 1 is 1.39 bits per heavy atom. The molecule has 0 saturated carbocycles. The zero-order valence-electron chi connectivity index (χ0n) is 11.2. The van der Waals surface area contributed by atoms with Gasteiger partial charge in [0, 0.05) is 12.1 Å². The van der Waals surface area contributed by atoms with Crippen molar-refractivity contribution < 1.29 is 13.2 Å². The molecule has 0 bridgehead atoms. The van der Waals surface area contributed by atoms with Crippen molar-refractivity contribution in [3.63, 3.8) is 0 Å². The van der Waals surface area contributed by atoms with E-state index in [1.54, 1.807) is 0 Å². The number of hydrogen-bond acceptors (Lipinski definition) is 3. The van der Waals surface area contributed by atoms with Gasteiger partial charge in [0.15, 0.2) is 9.84 Å². The highest BCUT2D eigenvalue weighted by molar-refractivity contribution is 7.91. The van der Waals surface area contributed by atoms with E-state index >= 15 is 0 Å². The first-order valence-corrected chi connectivity index (χ1v) is 8.52. The standard InChI is InChI=1S/C12H24N2O3S/c1-3-4-5-6-10(2)13-12(15)14-11-7-8-18(16,17)9-11/h10-11H,3-9H2,1-2H3,(H2,13,14,15). The molecule has 2 unspecified atom stereocenters. The molecule has 0 aromatic heterocycles. The Kier molecular flexibility index (Phi) is 5.91. The topological polar surface area (TPSA) is 75.3 Å². The van der Waals surface area contributed by atoms with Crippen LogP contribution in [0, 0.1) is 0 Å². The maximum atomic E-state index is 11.6. The second kappa shape index (κ2) is 6.97. The molecular weight excluding hydrogens is 252 g/mol. The number of sulfone groups is 1. The normalized spacial score (nSPS) is 23.6. The molecule has 1 aliphatic rings. The molecule has 6 heteroatoms. The predicted octanol–water partition coefficient (Wildman–Crippen LogP) is 1.44. The van der Waals surface area contributed by atoms with Gasteiger partial charge in [-0.3, -0.25) is 0 Å². The zero-order valence-corrected chi connectivity index (χ0v) is 12.1. The van der Waals surface area contributed by atoms with Crippen LogP contribution in [0.4, 0.5) is 4.79 Å². The largest absolute Gasteiger partial charge is 0.336 e. The van der Waals surface area contributed by atoms with Gasteiger partial charge >= 0.3 is 6.03 Å². The lowest BCUT2D eigenvalue weighted by Crippen LogP contribution is -2.45. The number of nitrogens with one attached hydrogen (secondary N) is 2. The highest BCUT2D eigenvalue weighted by atomic mass is 32.2. The molecule has 1 aliphatic heterocycles. The Morgan fingerprint density at radius 2 is 2.11 bits per heavy atom. The van der Waals surface area contributed by atoms with Crippen LogP contribution in [0.1, 0.15) is 46.0 Å². The van der Waals surface area contributed by atoms with Crippen molar-refractivity contribution in [2.45, 2.75) is 58.0 Å². The summed E-state index contributed by atoms with van der Waals surface area (Å²) in [5.41, 5.74) is 0. The number of hydrogen-bond donors (Lipinski definition) is 2. The minimum Gasteiger partial charge on any atom is -0.336 e. The van der Waals surface area contributed by atoms with E-state index < -0.39 is 9.84 Å². The molecule has 5 nitrogen and oxygen atoms in total. The second-order valence-electron chi connectivity index (χ2n) is 5.11. The zero-order chi connectivity index (χ0) is 13.6. The van der Waals surface area contributed by atoms with Crippen molar-refractivity contribution in [3.8, 4) is 0 Å². The first-order valence-electron chi connectivity index (χ1n) is 6.70. The van der Waals surface area contributed by atoms with E-state index in [0.717, 1.165) is 12.8 Å². The lowest BCUT2D eigenvalue weighted by atomic mass is 10.1. The highest BCUT2D eigenvalue weighted by Crippen LogP contribution is 2.11. The van der Waals surface area contributed by atoms with Crippen LogP contribution in [0.5, 0.6) is 0 Å². The van der Waals surface area contributed by atoms with Gasteiger partial charge in [0.05, 0.1) is 11.5 Å². The monoisotopic (exact) mass is 276 g/mol. The first kappa shape index (κ1) is 15.3. The Labute approximate surface area is 110 Å². The van der Waals surface area contributed by atoms with Gasteiger partial charge in [-0.25, -0.2) is 13.2 Å². The van der Waals surface area contributed by atoms with Crippen LogP contribution in [0.3, 0.4) is 0 Å². The molecular formula is C12H24N2O3S. The van der Waals surface area contributed by atoms with Crippen LogP contribution in [-0.4, -0.2) is 38.0 Å². The lowest BCUT2D eigenvalue weighted by molar-refractivity contribution is 0.234. The average Bonchev–Trinajstić information content (AvgIpc) is 2.58. The molecule has 2 atom stereocenters. The fraction of sp³-hybridized carbons (Fsp3) is 0.917. The van der Waals surface area contributed by atoms with Crippen LogP contribution in [0.15, 0.2) is 0 Å². The van der Waals surface area contributed by atoms with Crippen LogP contribution >= 0.6 is 0 Å². The second-order valence-corrected chi connectivity index (χ2v) is 7.34. The molecule has 0 aromatic carbocycles. The predicted molar refractivity (Wildman–Crippen MR) is 72.3 cm³/mol. The SMILES string of the molecule is CCCCCC(C)NC(=O)NC1CCS(=O)(=O)C1. The molecule has 2 N–H and O–H groups in total. The van der Waals surface area contributed by atoms with Crippen LogP contribution in [0.25, 0.3) is 0 Å². The summed E-state index contributed by atoms with van der Waals surface area (Å²) in [6.45, 7) is 4.12. The van der Waals surface area contributed by atoms with Crippen LogP contribution in [0.2, 0.25) is 0 Å². The maximum absolute atomic E-state index is 11.6. The van der Waals surface area contributed by atoms with E-state index in [9.17, 15) is 13.2 Å². The molecule has 1 heterocycles. The van der Waals surface area contributed by atoms with Crippen molar-refractivity contribution >= 4 is 15.9 Å². The van der Waals surface area contributed by atoms with Gasteiger partial charge in [0.1, 0.15) is 0 Å². The van der Waals surface area contributed by atoms with Gasteiger partial charge in [0.25, 0.3) is 0 Å². The van der Waals surface area contributed by atoms with Crippen molar-refractivity contribution in [3.05, 3.63) is 0 Å². The van der Waals surface area contributed by atoms with Gasteiger partial charge in [-0.05, 0) is 19.8 Å². The smallest absolute Gasteiger partial charge is 0.315 e. The molecule has 0 radical (unpaired) electrons. The Balaban J connectivity index is 2.21. The van der Waals surface area contributed by atoms with Gasteiger partial charge in [-0.2, -0.15) is 0 Å². The van der Waals surface area contributed by atoms with Crippen molar-refractivity contribution in [2.24, 2.45) is 0 Å². The fourth-order valence-corrected chi connectivity index (χ4v) is 3.81. The third-order valence-corrected chi connectivity index (χ3v) is 4.95. The molecule has 1 fully saturated rings. The number of carbonyl (C=O) groups is 1. The lowest BCUT2D eigenvalue weighted by Gasteiger charge is -2.16. The Bertz CT molecular complexity index is 368. The molecule has 1 rings (SSSR count). The number of unbranched alkanes of at least 4 members (excludes halogenated alkanes) is 2. The van der Waals surface area contributed by atoms with E-state index in [-0.39, 0.29) is 29.6 Å². The van der Waals surface area contributed by atoms with Crippen LogP contribution < -0.4 is 10.6 Å². The number of rotatable bonds is 6. The van der Waals surface area contributed by atoms with E-state index in [0.29, 0.717) is 6.42 Å². The van der Waals surface area contributed by atoms with Crippen molar-refractivity contribution in [1.82, 2.24) is 10.6 Å². The van der Waals surface area contributed by atoms with E-state index in [2.05, 4.69) is 17.6 Å². The van der Waals surface area contributed by atoms with Crippen LogP contribution in [-0.2, 0) is 9.84 Å². The van der Waals surface area contributed by atoms with Gasteiger partial charge < -0.3 is 10.6 Å². The minimum absolute atomic E-state index is 0.0740. The van der Waals surface area contributed by atoms with Gasteiger partial charge in [-0.15, -0.1) is 0 Å². The number of urea groups is 1. The summed E-state index contributed by atoms with van der Waals surface area (Å²) in [4.78, 5) is 11.6. The molecule has 18 heavy (non-hydrogen) atoms. The molecule has 0 aliphatic carbocycles. The van der Waals surface area contributed by atoms with E-state index in [1.165, 1.54) is 12.8 Å². The summed E-state index contributed by atoms with van der Waals surface area (Å²) in [7, 11) is -2.93. The summed E-state index contributed by atoms with van der Waals surface area (Å²) in [5.74, 6) is 0.259. The molecule has 1 saturated heterocycles. The quantitative estimate of drug-likeness (QED) is 0.721. The third-order valence-electron chi connectivity index (χ3n) is 3.19. The fourth-order valence-electron chi connectivity index (χ4n) is 2.13. The highest BCUT2D eigenvalue weighted by Gasteiger charge is 2.28. The third kappa shape index (κ3) is 5.71. The Hall–Kier alpha value is -0.780. The Morgan fingerprint density at radius 3 is 2.67 bits per heavy atom. The molecule has 0 spiro atoms. The summed E-state index contributed by atoms with van der Waals surface area (Å²) in [6, 6.07) is -0.339. The summed E-state index contributed by atoms with van der Waals surface area (Å²) in [6.07, 6.45) is 4.94. The summed E-state index contributed by atoms with van der Waals surface area (Å²) in [5, 5.41) is 5.57. The number of carbonyl (C=O) groups excluding carboxylic acids is 1. The molecule has 106 valence electrons. The van der Waals surface area contributed by atoms with Gasteiger partial charge in [0.2, 0.25) is 0 Å². The minimum atomic E-state index is -2.93. The van der Waals surface area contributed by atoms with E-state index in [1.807, 2.05) is 6.92 Å². The van der Waals surface area contributed by atoms with Crippen molar-refractivity contribution in [2.75, 3.05) is 11.5 Å². The van der Waals surface area contributed by atoms with Gasteiger partial charge in [-0.1, -0.05) is 26.2 Å². The number of amides is 2. The molecule has 2 amide bonds.